The smallest absolute Gasteiger partial charge is 0.299 e. The first-order valence-corrected chi connectivity index (χ1v) is 8.48. The maximum Gasteiger partial charge on any atom is 0.299 e. The van der Waals surface area contributed by atoms with Gasteiger partial charge in [-0.25, -0.2) is 18.2 Å². The maximum atomic E-state index is 14.8. The van der Waals surface area contributed by atoms with Crippen LogP contribution in [0.2, 0.25) is 5.02 Å². The highest BCUT2D eigenvalue weighted by molar-refractivity contribution is 6.30. The summed E-state index contributed by atoms with van der Waals surface area (Å²) in [6, 6.07) is 4.85. The van der Waals surface area contributed by atoms with Crippen LogP contribution in [0.15, 0.2) is 35.5 Å². The molecule has 1 atom stereocenters. The lowest BCUT2D eigenvalue weighted by molar-refractivity contribution is -0.116. The van der Waals surface area contributed by atoms with Crippen LogP contribution >= 0.6 is 11.6 Å². The van der Waals surface area contributed by atoms with E-state index in [4.69, 9.17) is 27.8 Å². The Bertz CT molecular complexity index is 983. The molecule has 0 aliphatic carbocycles. The molecule has 4 N–H and O–H groups in total. The number of carbonyl (C=O) groups excluding carboxylic acids is 1. The first-order chi connectivity index (χ1) is 13.0. The van der Waals surface area contributed by atoms with Crippen molar-refractivity contribution >= 4 is 23.3 Å². The molecular weight excluding hydrogens is 397 g/mol. The second-order valence-electron chi connectivity index (χ2n) is 6.48. The van der Waals surface area contributed by atoms with Gasteiger partial charge in [-0.15, -0.1) is 0 Å². The van der Waals surface area contributed by atoms with Crippen LogP contribution in [0, 0.1) is 5.82 Å². The molecule has 10 heteroatoms. The highest BCUT2D eigenvalue weighted by Crippen LogP contribution is 2.44. The van der Waals surface area contributed by atoms with Gasteiger partial charge >= 0.3 is 0 Å². The highest BCUT2D eigenvalue weighted by atomic mass is 35.5. The molecule has 1 amide bonds. The van der Waals surface area contributed by atoms with E-state index in [2.05, 4.69) is 9.98 Å². The molecule has 3 rings (SSSR count). The monoisotopic (exact) mass is 412 g/mol. The zero-order chi connectivity index (χ0) is 20.7. The number of ether oxygens (including phenoxy) is 1. The molecule has 1 aromatic heterocycles. The van der Waals surface area contributed by atoms with Crippen LogP contribution in [0.1, 0.15) is 23.0 Å². The summed E-state index contributed by atoms with van der Waals surface area (Å²) in [6.07, 6.45) is 1.22. The molecule has 1 unspecified atom stereocenters. The van der Waals surface area contributed by atoms with E-state index in [0.717, 1.165) is 19.1 Å². The summed E-state index contributed by atoms with van der Waals surface area (Å²) in [5, 5.41) is 0.188. The molecule has 2 aromatic rings. The van der Waals surface area contributed by atoms with Gasteiger partial charge < -0.3 is 16.2 Å². The van der Waals surface area contributed by atoms with Gasteiger partial charge in [0.1, 0.15) is 30.6 Å². The van der Waals surface area contributed by atoms with Crippen molar-refractivity contribution < 1.29 is 22.7 Å². The molecule has 0 radical (unpaired) electrons. The number of rotatable bonds is 3. The van der Waals surface area contributed by atoms with Crippen LogP contribution in [0.3, 0.4) is 0 Å². The SMILES string of the molecule is CC1(c2cc(-c3cc(Cl)cnc3C(N)=O)ccc2F)N=C(N)COCC1(F)F. The molecular formula is C18H16ClF3N4O2. The Hall–Kier alpha value is -2.65. The van der Waals surface area contributed by atoms with Crippen LogP contribution in [-0.2, 0) is 10.3 Å². The molecule has 2 heterocycles. The molecule has 1 aromatic carbocycles. The minimum absolute atomic E-state index is 0.133. The minimum atomic E-state index is -3.55. The summed E-state index contributed by atoms with van der Waals surface area (Å²) < 4.78 is 49.1. The Kier molecular flexibility index (Phi) is 5.07. The third-order valence-corrected chi connectivity index (χ3v) is 4.71. The number of benzene rings is 1. The highest BCUT2D eigenvalue weighted by Gasteiger charge is 2.54. The zero-order valence-electron chi connectivity index (χ0n) is 14.7. The lowest BCUT2D eigenvalue weighted by Gasteiger charge is -2.33. The second kappa shape index (κ2) is 7.06. The van der Waals surface area contributed by atoms with Crippen molar-refractivity contribution in [1.82, 2.24) is 4.98 Å². The first-order valence-electron chi connectivity index (χ1n) is 8.10. The summed E-state index contributed by atoms with van der Waals surface area (Å²) in [5.74, 6) is -5.50. The zero-order valence-corrected chi connectivity index (χ0v) is 15.4. The summed E-state index contributed by atoms with van der Waals surface area (Å²) in [7, 11) is 0. The van der Waals surface area contributed by atoms with E-state index in [0.29, 0.717) is 0 Å². The Morgan fingerprint density at radius 1 is 1.32 bits per heavy atom. The fraction of sp³-hybridized carbons (Fsp3) is 0.278. The number of hydrogen-bond acceptors (Lipinski definition) is 5. The van der Waals surface area contributed by atoms with Gasteiger partial charge in [0.15, 0.2) is 5.54 Å². The fourth-order valence-electron chi connectivity index (χ4n) is 3.00. The number of aliphatic imine (C=N–C) groups is 1. The Morgan fingerprint density at radius 2 is 2.04 bits per heavy atom. The van der Waals surface area contributed by atoms with Gasteiger partial charge in [-0.05, 0) is 30.7 Å². The summed E-state index contributed by atoms with van der Waals surface area (Å²) in [6.45, 7) is -0.207. The summed E-state index contributed by atoms with van der Waals surface area (Å²) >= 11 is 5.94. The number of amidine groups is 1. The Labute approximate surface area is 163 Å². The maximum absolute atomic E-state index is 14.8. The van der Waals surface area contributed by atoms with Crippen molar-refractivity contribution in [1.29, 1.82) is 0 Å². The van der Waals surface area contributed by atoms with E-state index in [1.807, 2.05) is 0 Å². The number of halogens is 4. The van der Waals surface area contributed by atoms with E-state index >= 15 is 0 Å². The van der Waals surface area contributed by atoms with Crippen LogP contribution in [0.4, 0.5) is 13.2 Å². The van der Waals surface area contributed by atoms with Crippen molar-refractivity contribution in [2.75, 3.05) is 13.2 Å². The van der Waals surface area contributed by atoms with Gasteiger partial charge in [-0.1, -0.05) is 17.7 Å². The largest absolute Gasteiger partial charge is 0.385 e. The van der Waals surface area contributed by atoms with Crippen molar-refractivity contribution in [2.24, 2.45) is 16.5 Å². The van der Waals surface area contributed by atoms with Gasteiger partial charge in [0.05, 0.1) is 5.02 Å². The predicted octanol–water partition coefficient (Wildman–Crippen LogP) is 2.88. The average molecular weight is 413 g/mol. The van der Waals surface area contributed by atoms with Gasteiger partial charge in [0, 0.05) is 17.3 Å². The second-order valence-corrected chi connectivity index (χ2v) is 6.92. The predicted molar refractivity (Wildman–Crippen MR) is 97.9 cm³/mol. The summed E-state index contributed by atoms with van der Waals surface area (Å²) in [4.78, 5) is 19.4. The molecule has 28 heavy (non-hydrogen) atoms. The van der Waals surface area contributed by atoms with Crippen LogP contribution < -0.4 is 11.5 Å². The molecule has 0 bridgehead atoms. The number of carbonyl (C=O) groups is 1. The van der Waals surface area contributed by atoms with Crippen LogP contribution in [-0.4, -0.2) is 35.9 Å². The molecule has 0 saturated carbocycles. The van der Waals surface area contributed by atoms with E-state index in [-0.39, 0.29) is 34.3 Å². The normalized spacial score (nSPS) is 21.7. The lowest BCUT2D eigenvalue weighted by Crippen LogP contribution is -2.45. The number of amides is 1. The van der Waals surface area contributed by atoms with Crippen molar-refractivity contribution in [3.8, 4) is 11.1 Å². The van der Waals surface area contributed by atoms with E-state index in [9.17, 15) is 18.0 Å². The molecule has 1 aliphatic rings. The number of nitrogens with zero attached hydrogens (tertiary/aromatic N) is 2. The standard InChI is InChI=1S/C18H16ClF3N4O2/c1-17(18(21,22)8-28-7-14(23)26-17)12-4-9(2-3-13(12)20)11-5-10(19)6-25-15(11)16(24)27/h2-6H,7-8H2,1H3,(H2,23,26)(H2,24,27). The minimum Gasteiger partial charge on any atom is -0.385 e. The van der Waals surface area contributed by atoms with Gasteiger partial charge in [0.25, 0.3) is 11.8 Å². The van der Waals surface area contributed by atoms with Crippen molar-refractivity contribution in [2.45, 2.75) is 18.4 Å². The Morgan fingerprint density at radius 3 is 2.71 bits per heavy atom. The first kappa shape index (κ1) is 20.1. The van der Waals surface area contributed by atoms with Gasteiger partial charge in [-0.3, -0.25) is 9.79 Å². The number of pyridine rings is 1. The number of aromatic nitrogens is 1. The van der Waals surface area contributed by atoms with Crippen LogP contribution in [0.25, 0.3) is 11.1 Å². The van der Waals surface area contributed by atoms with Gasteiger partial charge in [0.2, 0.25) is 0 Å². The lowest BCUT2D eigenvalue weighted by atomic mass is 9.84. The van der Waals surface area contributed by atoms with E-state index in [1.165, 1.54) is 18.3 Å². The number of primary amides is 1. The van der Waals surface area contributed by atoms with Crippen molar-refractivity contribution in [3.63, 3.8) is 0 Å². The van der Waals surface area contributed by atoms with Crippen molar-refractivity contribution in [3.05, 3.63) is 52.6 Å². The fourth-order valence-corrected chi connectivity index (χ4v) is 3.16. The molecule has 1 aliphatic heterocycles. The quantitative estimate of drug-likeness (QED) is 0.808. The summed E-state index contributed by atoms with van der Waals surface area (Å²) in [5.41, 5.74) is 8.48. The Balaban J connectivity index is 2.25. The molecule has 0 spiro atoms. The number of hydrogen-bond donors (Lipinski definition) is 2. The molecule has 148 valence electrons. The molecule has 6 nitrogen and oxygen atoms in total. The average Bonchev–Trinajstić information content (AvgIpc) is 2.70. The third-order valence-electron chi connectivity index (χ3n) is 4.50. The van der Waals surface area contributed by atoms with E-state index < -0.39 is 35.4 Å². The van der Waals surface area contributed by atoms with E-state index in [1.54, 1.807) is 0 Å². The van der Waals surface area contributed by atoms with Crippen LogP contribution in [0.5, 0.6) is 0 Å². The van der Waals surface area contributed by atoms with Gasteiger partial charge in [-0.2, -0.15) is 0 Å². The number of alkyl halides is 2. The molecule has 0 saturated heterocycles. The number of nitrogens with two attached hydrogens (primary N) is 2. The molecule has 0 fully saturated rings. The topological polar surface area (TPSA) is 104 Å². The third kappa shape index (κ3) is 3.43.